The quantitative estimate of drug-likeness (QED) is 0.789. The summed E-state index contributed by atoms with van der Waals surface area (Å²) in [5.41, 5.74) is 2.26. The van der Waals surface area contributed by atoms with Crippen LogP contribution in [0.5, 0.6) is 5.75 Å². The summed E-state index contributed by atoms with van der Waals surface area (Å²) in [5.74, 6) is 0.916. The number of hydrogen-bond donors (Lipinski definition) is 3. The van der Waals surface area contributed by atoms with Crippen LogP contribution in [0.2, 0.25) is 0 Å². The molecule has 4 amide bonds. The minimum atomic E-state index is -0.603. The number of carbonyl (C=O) groups excluding carboxylic acids is 2. The van der Waals surface area contributed by atoms with Gasteiger partial charge in [-0.05, 0) is 38.0 Å². The molecule has 3 rings (SSSR count). The van der Waals surface area contributed by atoms with Crippen molar-refractivity contribution in [2.24, 2.45) is 0 Å². The summed E-state index contributed by atoms with van der Waals surface area (Å²) >= 11 is 0. The number of imide groups is 1. The van der Waals surface area contributed by atoms with E-state index in [0.29, 0.717) is 0 Å². The van der Waals surface area contributed by atoms with E-state index in [0.717, 1.165) is 29.2 Å². The molecule has 2 heterocycles. The molecular formula is C16H22N4O3. The maximum atomic E-state index is 12.0. The van der Waals surface area contributed by atoms with Crippen LogP contribution in [-0.2, 0) is 6.42 Å². The first kappa shape index (κ1) is 15.6. The number of amides is 4. The standard InChI is InChI=1S/C16H22N4O3/c1-9(2)20-15(21)18-14(19-16(20)22)17-10(3)12-5-4-11-6-7-23-13(11)8-12/h4-5,8-10,14,17H,6-7H2,1-3H3,(H,18,21)(H,19,22)/t10-/m0/s1. The monoisotopic (exact) mass is 318 g/mol. The van der Waals surface area contributed by atoms with Crippen LogP contribution in [0.4, 0.5) is 9.59 Å². The van der Waals surface area contributed by atoms with Crippen molar-refractivity contribution in [1.29, 1.82) is 0 Å². The molecule has 7 nitrogen and oxygen atoms in total. The topological polar surface area (TPSA) is 82.7 Å². The molecule has 3 N–H and O–H groups in total. The highest BCUT2D eigenvalue weighted by Crippen LogP contribution is 2.28. The van der Waals surface area contributed by atoms with Crippen molar-refractivity contribution in [2.45, 2.75) is 45.6 Å². The lowest BCUT2D eigenvalue weighted by molar-refractivity contribution is 0.146. The van der Waals surface area contributed by atoms with Gasteiger partial charge in [0.1, 0.15) is 5.75 Å². The van der Waals surface area contributed by atoms with Crippen molar-refractivity contribution in [3.8, 4) is 5.75 Å². The molecular weight excluding hydrogens is 296 g/mol. The lowest BCUT2D eigenvalue weighted by Crippen LogP contribution is -2.69. The minimum Gasteiger partial charge on any atom is -0.493 e. The highest BCUT2D eigenvalue weighted by molar-refractivity contribution is 5.96. The Kier molecular flexibility index (Phi) is 4.12. The van der Waals surface area contributed by atoms with E-state index in [1.54, 1.807) is 13.8 Å². The fourth-order valence-electron chi connectivity index (χ4n) is 2.87. The van der Waals surface area contributed by atoms with E-state index in [1.807, 2.05) is 19.1 Å². The van der Waals surface area contributed by atoms with Crippen LogP contribution < -0.4 is 20.7 Å². The Morgan fingerprint density at radius 2 is 1.91 bits per heavy atom. The molecule has 0 radical (unpaired) electrons. The molecule has 1 aromatic carbocycles. The van der Waals surface area contributed by atoms with Crippen LogP contribution in [-0.4, -0.2) is 35.9 Å². The molecule has 124 valence electrons. The van der Waals surface area contributed by atoms with Crippen LogP contribution in [0, 0.1) is 0 Å². The zero-order valence-corrected chi connectivity index (χ0v) is 13.6. The minimum absolute atomic E-state index is 0.0549. The third-order valence-electron chi connectivity index (χ3n) is 4.13. The lowest BCUT2D eigenvalue weighted by Gasteiger charge is -2.36. The van der Waals surface area contributed by atoms with Gasteiger partial charge in [0, 0.05) is 18.5 Å². The summed E-state index contributed by atoms with van der Waals surface area (Å²) in [6.07, 6.45) is 0.339. The number of benzene rings is 1. The zero-order chi connectivity index (χ0) is 16.6. The van der Waals surface area contributed by atoms with E-state index < -0.39 is 18.4 Å². The first-order chi connectivity index (χ1) is 11.0. The summed E-state index contributed by atoms with van der Waals surface area (Å²) in [4.78, 5) is 25.2. The summed E-state index contributed by atoms with van der Waals surface area (Å²) in [6.45, 7) is 6.28. The Labute approximate surface area is 135 Å². The number of nitrogens with one attached hydrogen (secondary N) is 3. The highest BCUT2D eigenvalue weighted by atomic mass is 16.5. The Bertz CT molecular complexity index is 614. The molecule has 0 unspecified atom stereocenters. The molecule has 1 aromatic rings. The van der Waals surface area contributed by atoms with Gasteiger partial charge in [0.05, 0.1) is 6.61 Å². The summed E-state index contributed by atoms with van der Waals surface area (Å²) in [5, 5.41) is 8.69. The first-order valence-electron chi connectivity index (χ1n) is 7.87. The van der Waals surface area contributed by atoms with E-state index in [9.17, 15) is 9.59 Å². The van der Waals surface area contributed by atoms with Crippen LogP contribution in [0.3, 0.4) is 0 Å². The number of fused-ring (bicyclic) bond motifs is 1. The van der Waals surface area contributed by atoms with Gasteiger partial charge in [-0.1, -0.05) is 12.1 Å². The predicted octanol–water partition coefficient (Wildman–Crippen LogP) is 1.70. The lowest BCUT2D eigenvalue weighted by atomic mass is 10.0. The third kappa shape index (κ3) is 3.10. The number of carbonyl (C=O) groups is 2. The van der Waals surface area contributed by atoms with Crippen molar-refractivity contribution < 1.29 is 14.3 Å². The SMILES string of the molecule is CC(C)N1C(=O)NC(N[C@@H](C)c2ccc3c(c2)OCC3)NC1=O. The van der Waals surface area contributed by atoms with Gasteiger partial charge >= 0.3 is 12.1 Å². The van der Waals surface area contributed by atoms with Crippen LogP contribution >= 0.6 is 0 Å². The van der Waals surface area contributed by atoms with E-state index >= 15 is 0 Å². The highest BCUT2D eigenvalue weighted by Gasteiger charge is 2.33. The van der Waals surface area contributed by atoms with Gasteiger partial charge in [0.15, 0.2) is 6.29 Å². The van der Waals surface area contributed by atoms with Crippen molar-refractivity contribution in [1.82, 2.24) is 20.9 Å². The van der Waals surface area contributed by atoms with Gasteiger partial charge in [0.2, 0.25) is 0 Å². The largest absolute Gasteiger partial charge is 0.493 e. The number of ether oxygens (including phenoxy) is 1. The maximum absolute atomic E-state index is 12.0. The number of hydrogen-bond acceptors (Lipinski definition) is 4. The van der Waals surface area contributed by atoms with Crippen molar-refractivity contribution in [3.63, 3.8) is 0 Å². The molecule has 23 heavy (non-hydrogen) atoms. The van der Waals surface area contributed by atoms with Crippen molar-refractivity contribution >= 4 is 12.1 Å². The Morgan fingerprint density at radius 3 is 2.57 bits per heavy atom. The van der Waals surface area contributed by atoms with Crippen molar-refractivity contribution in [3.05, 3.63) is 29.3 Å². The second-order valence-electron chi connectivity index (χ2n) is 6.15. The van der Waals surface area contributed by atoms with E-state index in [2.05, 4.69) is 22.0 Å². The number of rotatable bonds is 4. The maximum Gasteiger partial charge on any atom is 0.328 e. The summed E-state index contributed by atoms with van der Waals surface area (Å²) in [7, 11) is 0. The third-order valence-corrected chi connectivity index (χ3v) is 4.13. The normalized spacial score (nSPS) is 19.2. The van der Waals surface area contributed by atoms with Crippen LogP contribution in [0.25, 0.3) is 0 Å². The average molecular weight is 318 g/mol. The molecule has 1 saturated heterocycles. The summed E-state index contributed by atoms with van der Waals surface area (Å²) in [6, 6.07) is 5.07. The van der Waals surface area contributed by atoms with Gasteiger partial charge in [-0.3, -0.25) is 5.32 Å². The van der Waals surface area contributed by atoms with Crippen LogP contribution in [0.1, 0.15) is 37.9 Å². The molecule has 7 heteroatoms. The molecule has 0 spiro atoms. The molecule has 2 aliphatic heterocycles. The Morgan fingerprint density at radius 1 is 1.22 bits per heavy atom. The van der Waals surface area contributed by atoms with Gasteiger partial charge in [-0.15, -0.1) is 0 Å². The smallest absolute Gasteiger partial charge is 0.328 e. The second-order valence-corrected chi connectivity index (χ2v) is 6.15. The first-order valence-corrected chi connectivity index (χ1v) is 7.87. The Hall–Kier alpha value is -2.28. The van der Waals surface area contributed by atoms with Crippen molar-refractivity contribution in [2.75, 3.05) is 6.61 Å². The van der Waals surface area contributed by atoms with E-state index in [-0.39, 0.29) is 12.1 Å². The predicted molar refractivity (Wildman–Crippen MR) is 85.0 cm³/mol. The molecule has 1 atom stereocenters. The molecule has 0 bridgehead atoms. The molecule has 1 fully saturated rings. The molecule has 0 aliphatic carbocycles. The summed E-state index contributed by atoms with van der Waals surface area (Å²) < 4.78 is 5.58. The van der Waals surface area contributed by atoms with Crippen LogP contribution in [0.15, 0.2) is 18.2 Å². The zero-order valence-electron chi connectivity index (χ0n) is 13.6. The molecule has 0 aromatic heterocycles. The fourth-order valence-corrected chi connectivity index (χ4v) is 2.87. The fraction of sp³-hybridized carbons (Fsp3) is 0.500. The number of nitrogens with zero attached hydrogens (tertiary/aromatic N) is 1. The van der Waals surface area contributed by atoms with Gasteiger partial charge in [-0.25, -0.2) is 14.5 Å². The van der Waals surface area contributed by atoms with Gasteiger partial charge in [-0.2, -0.15) is 0 Å². The van der Waals surface area contributed by atoms with Gasteiger partial charge in [0.25, 0.3) is 0 Å². The number of urea groups is 2. The average Bonchev–Trinajstić information content (AvgIpc) is 2.93. The van der Waals surface area contributed by atoms with Gasteiger partial charge < -0.3 is 15.4 Å². The second kappa shape index (κ2) is 6.08. The Balaban J connectivity index is 1.65. The molecule has 2 aliphatic rings. The van der Waals surface area contributed by atoms with E-state index in [4.69, 9.17) is 4.74 Å². The van der Waals surface area contributed by atoms with E-state index in [1.165, 1.54) is 5.56 Å². The molecule has 0 saturated carbocycles.